The van der Waals surface area contributed by atoms with Gasteiger partial charge >= 0.3 is 0 Å². The lowest BCUT2D eigenvalue weighted by atomic mass is 10.00. The van der Waals surface area contributed by atoms with Crippen molar-refractivity contribution in [1.29, 1.82) is 0 Å². The maximum Gasteiger partial charge on any atom is 0.287 e. The summed E-state index contributed by atoms with van der Waals surface area (Å²) in [7, 11) is -3.93. The number of hydrogen-bond donors (Lipinski definition) is 2. The molecular weight excluding hydrogens is 364 g/mol. The number of amides is 1. The van der Waals surface area contributed by atoms with Crippen LogP contribution >= 0.6 is 15.9 Å². The van der Waals surface area contributed by atoms with Gasteiger partial charge in [-0.15, -0.1) is 0 Å². The predicted molar refractivity (Wildman–Crippen MR) is 78.3 cm³/mol. The molecule has 0 aromatic carbocycles. The van der Waals surface area contributed by atoms with Crippen molar-refractivity contribution in [1.82, 2.24) is 5.32 Å². The molecule has 0 spiro atoms. The number of nitrogens with one attached hydrogen (secondary N) is 1. The van der Waals surface area contributed by atoms with Gasteiger partial charge in [0.1, 0.15) is 4.90 Å². The van der Waals surface area contributed by atoms with E-state index in [1.165, 1.54) is 0 Å². The summed E-state index contributed by atoms with van der Waals surface area (Å²) in [5.41, 5.74) is 0. The van der Waals surface area contributed by atoms with Crippen molar-refractivity contribution in [3.05, 3.63) is 16.5 Å². The molecule has 2 unspecified atom stereocenters. The van der Waals surface area contributed by atoms with Crippen LogP contribution in [0.2, 0.25) is 0 Å². The van der Waals surface area contributed by atoms with Gasteiger partial charge in [-0.1, -0.05) is 6.92 Å². The van der Waals surface area contributed by atoms with Crippen molar-refractivity contribution in [3.63, 3.8) is 0 Å². The second-order valence-electron chi connectivity index (χ2n) is 4.87. The maximum absolute atomic E-state index is 12.0. The van der Waals surface area contributed by atoms with Crippen LogP contribution in [-0.2, 0) is 14.8 Å². The van der Waals surface area contributed by atoms with E-state index in [2.05, 4.69) is 21.2 Å². The molecule has 7 nitrogen and oxygen atoms in total. The molecule has 2 atom stereocenters. The molecule has 21 heavy (non-hydrogen) atoms. The van der Waals surface area contributed by atoms with E-state index in [0.717, 1.165) is 18.9 Å². The van der Waals surface area contributed by atoms with Gasteiger partial charge in [-0.25, -0.2) is 13.6 Å². The first-order valence-electron chi connectivity index (χ1n) is 6.54. The molecule has 0 saturated carbocycles. The molecule has 1 fully saturated rings. The number of carbonyl (C=O) groups is 1. The van der Waals surface area contributed by atoms with E-state index in [1.807, 2.05) is 6.92 Å². The number of nitrogens with two attached hydrogens (primary N) is 1. The molecule has 3 N–H and O–H groups in total. The van der Waals surface area contributed by atoms with Gasteiger partial charge in [0.2, 0.25) is 10.0 Å². The molecule has 1 aliphatic heterocycles. The highest BCUT2D eigenvalue weighted by molar-refractivity contribution is 9.10. The Morgan fingerprint density at radius 2 is 2.29 bits per heavy atom. The SMILES string of the molecule is CCC1OCCC1CNC(=O)c1cc(S(N)(=O)=O)c(Br)o1. The van der Waals surface area contributed by atoms with E-state index in [1.54, 1.807) is 0 Å². The van der Waals surface area contributed by atoms with E-state index < -0.39 is 15.9 Å². The van der Waals surface area contributed by atoms with Crippen LogP contribution in [0.25, 0.3) is 0 Å². The number of primary sulfonamides is 1. The van der Waals surface area contributed by atoms with Gasteiger partial charge in [0, 0.05) is 25.1 Å². The van der Waals surface area contributed by atoms with Gasteiger partial charge in [0.15, 0.2) is 10.4 Å². The molecule has 0 aliphatic carbocycles. The van der Waals surface area contributed by atoms with Crippen LogP contribution in [0.1, 0.15) is 30.3 Å². The summed E-state index contributed by atoms with van der Waals surface area (Å²) in [6.07, 6.45) is 1.93. The number of carbonyl (C=O) groups excluding carboxylic acids is 1. The van der Waals surface area contributed by atoms with Gasteiger partial charge in [-0.05, 0) is 28.8 Å². The lowest BCUT2D eigenvalue weighted by molar-refractivity contribution is 0.0815. The van der Waals surface area contributed by atoms with E-state index >= 15 is 0 Å². The number of furan rings is 1. The van der Waals surface area contributed by atoms with Crippen LogP contribution in [0, 0.1) is 5.92 Å². The fraction of sp³-hybridized carbons (Fsp3) is 0.583. The third-order valence-electron chi connectivity index (χ3n) is 3.46. The first kappa shape index (κ1) is 16.5. The van der Waals surface area contributed by atoms with Crippen molar-refractivity contribution in [2.24, 2.45) is 11.1 Å². The molecular formula is C12H17BrN2O5S. The Bertz CT molecular complexity index is 628. The van der Waals surface area contributed by atoms with E-state index in [9.17, 15) is 13.2 Å². The second-order valence-corrected chi connectivity index (χ2v) is 7.12. The Balaban J connectivity index is 2.01. The maximum atomic E-state index is 12.0. The van der Waals surface area contributed by atoms with Crippen molar-refractivity contribution in [3.8, 4) is 0 Å². The second kappa shape index (κ2) is 6.47. The zero-order valence-electron chi connectivity index (χ0n) is 11.5. The standard InChI is InChI=1S/C12H17BrN2O5S/c1-2-8-7(3-4-19-8)6-15-12(16)9-5-10(11(13)20-9)21(14,17)18/h5,7-8H,2-4,6H2,1H3,(H,15,16)(H2,14,17,18). The van der Waals surface area contributed by atoms with Crippen LogP contribution in [0.4, 0.5) is 0 Å². The summed E-state index contributed by atoms with van der Waals surface area (Å²) in [4.78, 5) is 11.7. The van der Waals surface area contributed by atoms with Crippen molar-refractivity contribution in [2.75, 3.05) is 13.2 Å². The van der Waals surface area contributed by atoms with Crippen LogP contribution in [0.3, 0.4) is 0 Å². The van der Waals surface area contributed by atoms with E-state index in [4.69, 9.17) is 14.3 Å². The van der Waals surface area contributed by atoms with Gasteiger partial charge < -0.3 is 14.5 Å². The normalized spacial score (nSPS) is 22.4. The van der Waals surface area contributed by atoms with Crippen molar-refractivity contribution < 1.29 is 22.4 Å². The highest BCUT2D eigenvalue weighted by Gasteiger charge is 2.28. The Morgan fingerprint density at radius 3 is 2.86 bits per heavy atom. The number of sulfonamides is 1. The number of halogens is 1. The average molecular weight is 381 g/mol. The minimum atomic E-state index is -3.93. The smallest absolute Gasteiger partial charge is 0.287 e. The molecule has 0 bridgehead atoms. The van der Waals surface area contributed by atoms with E-state index in [0.29, 0.717) is 13.2 Å². The van der Waals surface area contributed by atoms with Crippen LogP contribution in [0.15, 0.2) is 20.0 Å². The molecule has 1 aromatic heterocycles. The highest BCUT2D eigenvalue weighted by Crippen LogP contribution is 2.26. The molecule has 9 heteroatoms. The van der Waals surface area contributed by atoms with Crippen molar-refractivity contribution >= 4 is 31.9 Å². The van der Waals surface area contributed by atoms with Gasteiger partial charge in [-0.2, -0.15) is 0 Å². The molecule has 1 saturated heterocycles. The zero-order valence-corrected chi connectivity index (χ0v) is 13.9. The van der Waals surface area contributed by atoms with Crippen LogP contribution in [-0.4, -0.2) is 33.6 Å². The zero-order chi connectivity index (χ0) is 15.6. The Kier molecular flexibility index (Phi) is 5.07. The number of hydrogen-bond acceptors (Lipinski definition) is 5. The van der Waals surface area contributed by atoms with Gasteiger partial charge in [-0.3, -0.25) is 4.79 Å². The largest absolute Gasteiger partial charge is 0.443 e. The summed E-state index contributed by atoms with van der Waals surface area (Å²) in [6, 6.07) is 1.11. The summed E-state index contributed by atoms with van der Waals surface area (Å²) < 4.78 is 33.1. The van der Waals surface area contributed by atoms with Crippen molar-refractivity contribution in [2.45, 2.75) is 30.8 Å². The fourth-order valence-corrected chi connectivity index (χ4v) is 3.85. The summed E-state index contributed by atoms with van der Waals surface area (Å²) in [5, 5.41) is 7.74. The molecule has 118 valence electrons. The van der Waals surface area contributed by atoms with Gasteiger partial charge in [0.05, 0.1) is 6.10 Å². The Hall–Kier alpha value is -0.900. The molecule has 1 aromatic rings. The third kappa shape index (κ3) is 3.85. The highest BCUT2D eigenvalue weighted by atomic mass is 79.9. The summed E-state index contributed by atoms with van der Waals surface area (Å²) >= 11 is 2.93. The first-order valence-corrected chi connectivity index (χ1v) is 8.88. The summed E-state index contributed by atoms with van der Waals surface area (Å²) in [6.45, 7) is 3.19. The lowest BCUT2D eigenvalue weighted by Gasteiger charge is -2.16. The third-order valence-corrected chi connectivity index (χ3v) is 5.23. The quantitative estimate of drug-likeness (QED) is 0.797. The molecule has 1 aliphatic rings. The Morgan fingerprint density at radius 1 is 1.57 bits per heavy atom. The monoisotopic (exact) mass is 380 g/mol. The molecule has 0 radical (unpaired) electrons. The summed E-state index contributed by atoms with van der Waals surface area (Å²) in [5.74, 6) is -0.319. The van der Waals surface area contributed by atoms with Crippen LogP contribution < -0.4 is 10.5 Å². The minimum Gasteiger partial charge on any atom is -0.443 e. The fourth-order valence-electron chi connectivity index (χ4n) is 2.35. The molecule has 2 rings (SSSR count). The van der Waals surface area contributed by atoms with Gasteiger partial charge in [0.25, 0.3) is 5.91 Å². The minimum absolute atomic E-state index is 0.0780. The number of rotatable bonds is 5. The predicted octanol–water partition coefficient (Wildman–Crippen LogP) is 1.23. The average Bonchev–Trinajstić information content (AvgIpc) is 3.00. The molecule has 2 heterocycles. The lowest BCUT2D eigenvalue weighted by Crippen LogP contribution is -2.32. The topological polar surface area (TPSA) is 112 Å². The van der Waals surface area contributed by atoms with E-state index in [-0.39, 0.29) is 27.3 Å². The molecule has 1 amide bonds. The Labute approximate surface area is 131 Å². The first-order chi connectivity index (χ1) is 9.82. The number of ether oxygens (including phenoxy) is 1. The van der Waals surface area contributed by atoms with Crippen LogP contribution in [0.5, 0.6) is 0 Å².